The summed E-state index contributed by atoms with van der Waals surface area (Å²) in [4.78, 5) is 38.2. The second-order valence-electron chi connectivity index (χ2n) is 5.98. The van der Waals surface area contributed by atoms with Gasteiger partial charge in [-0.3, -0.25) is 9.59 Å². The Hall–Kier alpha value is -2.55. The number of morpholine rings is 1. The normalized spacial score (nSPS) is 23.8. The number of hydrogen-bond donors (Lipinski definition) is 1. The largest absolute Gasteiger partial charge is 0.479 e. The molecule has 2 heterocycles. The third-order valence-electron chi connectivity index (χ3n) is 4.33. The molecule has 0 bridgehead atoms. The van der Waals surface area contributed by atoms with Gasteiger partial charge in [-0.05, 0) is 12.1 Å². The number of halogens is 2. The smallest absolute Gasteiger partial charge is 0.334 e. The molecule has 1 aromatic rings. The topological polar surface area (TPSA) is 87.2 Å². The van der Waals surface area contributed by atoms with Gasteiger partial charge in [0.2, 0.25) is 11.8 Å². The number of carbonyl (C=O) groups excluding carboxylic acids is 2. The number of aliphatic carboxylic acids is 1. The quantitative estimate of drug-likeness (QED) is 0.860. The van der Waals surface area contributed by atoms with E-state index in [-0.39, 0.29) is 44.3 Å². The lowest BCUT2D eigenvalue weighted by Gasteiger charge is -2.32. The standard InChI is InChI=1S/C16H16F2N2O5/c17-10-1-2-12(11(18)6-10)20-7-9(5-14(20)21)15(22)19-3-4-25-13(8-19)16(23)24/h1-2,6,9,13H,3-5,7-8H2,(H,23,24)/t9-,13+/m1/s1. The van der Waals surface area contributed by atoms with Gasteiger partial charge in [0.25, 0.3) is 0 Å². The van der Waals surface area contributed by atoms with E-state index in [1.165, 1.54) is 4.90 Å². The molecule has 134 valence electrons. The molecule has 0 radical (unpaired) electrons. The van der Waals surface area contributed by atoms with E-state index in [1.54, 1.807) is 0 Å². The number of carboxylic acids is 1. The van der Waals surface area contributed by atoms with Crippen LogP contribution in [0.15, 0.2) is 18.2 Å². The molecule has 2 fully saturated rings. The molecular weight excluding hydrogens is 338 g/mol. The van der Waals surface area contributed by atoms with E-state index in [0.717, 1.165) is 17.0 Å². The van der Waals surface area contributed by atoms with Gasteiger partial charge in [-0.25, -0.2) is 13.6 Å². The van der Waals surface area contributed by atoms with Crippen LogP contribution in [0, 0.1) is 17.6 Å². The molecule has 2 saturated heterocycles. The van der Waals surface area contributed by atoms with Crippen molar-refractivity contribution in [3.8, 4) is 0 Å². The Morgan fingerprint density at radius 2 is 2.00 bits per heavy atom. The number of nitrogens with zero attached hydrogens (tertiary/aromatic N) is 2. The Labute approximate surface area is 141 Å². The molecule has 9 heteroatoms. The van der Waals surface area contributed by atoms with Crippen LogP contribution in [0.3, 0.4) is 0 Å². The zero-order valence-corrected chi connectivity index (χ0v) is 13.2. The minimum atomic E-state index is -1.16. The minimum Gasteiger partial charge on any atom is -0.479 e. The van der Waals surface area contributed by atoms with Gasteiger partial charge in [0.1, 0.15) is 11.6 Å². The first-order chi connectivity index (χ1) is 11.9. The highest BCUT2D eigenvalue weighted by Gasteiger charge is 2.40. The summed E-state index contributed by atoms with van der Waals surface area (Å²) in [6.45, 7) is 0.205. The highest BCUT2D eigenvalue weighted by Crippen LogP contribution is 2.29. The predicted octanol–water partition coefficient (Wildman–Crippen LogP) is 0.630. The zero-order valence-electron chi connectivity index (χ0n) is 13.2. The van der Waals surface area contributed by atoms with Crippen LogP contribution in [0.1, 0.15) is 6.42 Å². The Morgan fingerprint density at radius 3 is 2.68 bits per heavy atom. The number of anilines is 1. The molecule has 1 N–H and O–H groups in total. The summed E-state index contributed by atoms with van der Waals surface area (Å²) in [7, 11) is 0. The molecule has 3 rings (SSSR count). The van der Waals surface area contributed by atoms with Crippen LogP contribution < -0.4 is 4.90 Å². The molecule has 2 aliphatic rings. The van der Waals surface area contributed by atoms with E-state index in [9.17, 15) is 23.2 Å². The van der Waals surface area contributed by atoms with E-state index in [0.29, 0.717) is 6.07 Å². The van der Waals surface area contributed by atoms with E-state index in [1.807, 2.05) is 0 Å². The predicted molar refractivity (Wildman–Crippen MR) is 80.8 cm³/mol. The van der Waals surface area contributed by atoms with Crippen molar-refractivity contribution in [3.63, 3.8) is 0 Å². The average Bonchev–Trinajstić information content (AvgIpc) is 2.96. The van der Waals surface area contributed by atoms with Crippen LogP contribution in [0.5, 0.6) is 0 Å². The fourth-order valence-electron chi connectivity index (χ4n) is 3.06. The average molecular weight is 354 g/mol. The second-order valence-corrected chi connectivity index (χ2v) is 5.98. The first-order valence-electron chi connectivity index (χ1n) is 7.75. The molecule has 0 aromatic heterocycles. The van der Waals surface area contributed by atoms with Crippen molar-refractivity contribution in [1.82, 2.24) is 4.90 Å². The number of amides is 2. The lowest BCUT2D eigenvalue weighted by molar-refractivity contribution is -0.160. The van der Waals surface area contributed by atoms with Gasteiger partial charge in [-0.15, -0.1) is 0 Å². The van der Waals surface area contributed by atoms with Crippen LogP contribution >= 0.6 is 0 Å². The highest BCUT2D eigenvalue weighted by molar-refractivity contribution is 6.00. The summed E-state index contributed by atoms with van der Waals surface area (Å²) in [5.74, 6) is -4.30. The molecule has 0 unspecified atom stereocenters. The third kappa shape index (κ3) is 3.46. The number of rotatable bonds is 3. The monoisotopic (exact) mass is 354 g/mol. The van der Waals surface area contributed by atoms with Crippen molar-refractivity contribution in [2.24, 2.45) is 5.92 Å². The second kappa shape index (κ2) is 6.75. The Morgan fingerprint density at radius 1 is 1.24 bits per heavy atom. The molecule has 2 aliphatic heterocycles. The Balaban J connectivity index is 1.71. The van der Waals surface area contributed by atoms with Gasteiger partial charge in [0.15, 0.2) is 6.10 Å². The van der Waals surface area contributed by atoms with Crippen molar-refractivity contribution >= 4 is 23.5 Å². The van der Waals surface area contributed by atoms with Gasteiger partial charge < -0.3 is 19.6 Å². The Kier molecular flexibility index (Phi) is 4.67. The summed E-state index contributed by atoms with van der Waals surface area (Å²) in [5.41, 5.74) is -0.0768. The van der Waals surface area contributed by atoms with Crippen molar-refractivity contribution in [2.75, 3.05) is 31.1 Å². The van der Waals surface area contributed by atoms with E-state index < -0.39 is 35.5 Å². The molecule has 1 aromatic carbocycles. The molecule has 2 atom stereocenters. The lowest BCUT2D eigenvalue weighted by Crippen LogP contribution is -2.50. The number of ether oxygens (including phenoxy) is 1. The van der Waals surface area contributed by atoms with Crippen LogP contribution in [-0.4, -0.2) is 60.1 Å². The fourth-order valence-corrected chi connectivity index (χ4v) is 3.06. The first kappa shape index (κ1) is 17.3. The highest BCUT2D eigenvalue weighted by atomic mass is 19.1. The SMILES string of the molecule is O=C(O)[C@@H]1CN(C(=O)[C@@H]2CC(=O)N(c3ccc(F)cc3F)C2)CCO1. The molecule has 25 heavy (non-hydrogen) atoms. The Bertz CT molecular complexity index is 726. The van der Waals surface area contributed by atoms with Crippen molar-refractivity contribution < 1.29 is 33.0 Å². The maximum Gasteiger partial charge on any atom is 0.334 e. The van der Waals surface area contributed by atoms with Crippen LogP contribution in [0.2, 0.25) is 0 Å². The number of carboxylic acid groups (broad SMARTS) is 1. The summed E-state index contributed by atoms with van der Waals surface area (Å²) in [5, 5.41) is 8.99. The molecule has 0 spiro atoms. The summed E-state index contributed by atoms with van der Waals surface area (Å²) < 4.78 is 32.0. The van der Waals surface area contributed by atoms with Gasteiger partial charge in [-0.2, -0.15) is 0 Å². The molecule has 2 amide bonds. The third-order valence-corrected chi connectivity index (χ3v) is 4.33. The first-order valence-corrected chi connectivity index (χ1v) is 7.75. The summed E-state index contributed by atoms with van der Waals surface area (Å²) in [6.07, 6.45) is -1.20. The summed E-state index contributed by atoms with van der Waals surface area (Å²) >= 11 is 0. The van der Waals surface area contributed by atoms with E-state index >= 15 is 0 Å². The molecular formula is C16H16F2N2O5. The molecule has 7 nitrogen and oxygen atoms in total. The van der Waals surface area contributed by atoms with Crippen molar-refractivity contribution in [1.29, 1.82) is 0 Å². The van der Waals surface area contributed by atoms with Crippen LogP contribution in [0.25, 0.3) is 0 Å². The van der Waals surface area contributed by atoms with E-state index in [4.69, 9.17) is 9.84 Å². The fraction of sp³-hybridized carbons (Fsp3) is 0.438. The maximum absolute atomic E-state index is 13.9. The molecule has 0 aliphatic carbocycles. The van der Waals surface area contributed by atoms with Gasteiger partial charge in [0, 0.05) is 25.6 Å². The maximum atomic E-state index is 13.9. The van der Waals surface area contributed by atoms with Crippen LogP contribution in [0.4, 0.5) is 14.5 Å². The van der Waals surface area contributed by atoms with Crippen molar-refractivity contribution in [3.05, 3.63) is 29.8 Å². The van der Waals surface area contributed by atoms with Gasteiger partial charge >= 0.3 is 5.97 Å². The van der Waals surface area contributed by atoms with Gasteiger partial charge in [-0.1, -0.05) is 0 Å². The lowest BCUT2D eigenvalue weighted by atomic mass is 10.1. The number of benzene rings is 1. The van der Waals surface area contributed by atoms with Gasteiger partial charge in [0.05, 0.1) is 24.8 Å². The van der Waals surface area contributed by atoms with E-state index in [2.05, 4.69) is 0 Å². The number of carbonyl (C=O) groups is 3. The summed E-state index contributed by atoms with van der Waals surface area (Å²) in [6, 6.07) is 2.88. The minimum absolute atomic E-state index is 0.0324. The molecule has 0 saturated carbocycles. The van der Waals surface area contributed by atoms with Crippen LogP contribution in [-0.2, 0) is 19.1 Å². The zero-order chi connectivity index (χ0) is 18.1. The number of hydrogen-bond acceptors (Lipinski definition) is 4. The van der Waals surface area contributed by atoms with Crippen molar-refractivity contribution in [2.45, 2.75) is 12.5 Å².